The van der Waals surface area contributed by atoms with Crippen molar-refractivity contribution < 1.29 is 45.2 Å². The Morgan fingerprint density at radius 1 is 1.10 bits per heavy atom. The number of rotatable bonds is 7. The van der Waals surface area contributed by atoms with Crippen molar-refractivity contribution in [3.63, 3.8) is 0 Å². The van der Waals surface area contributed by atoms with Crippen LogP contribution in [0, 0.1) is 23.7 Å². The molecular formula is C19H18BF3O7S. The van der Waals surface area contributed by atoms with Gasteiger partial charge in [-0.1, -0.05) is 36.2 Å². The molecule has 31 heavy (non-hydrogen) atoms. The maximum Gasteiger partial charge on any atom is 0.426 e. The van der Waals surface area contributed by atoms with Crippen LogP contribution in [-0.2, 0) is 30.8 Å². The number of carbonyl (C=O) groups excluding carboxylic acids is 2. The number of halogens is 3. The van der Waals surface area contributed by atoms with Crippen molar-refractivity contribution >= 4 is 29.9 Å². The van der Waals surface area contributed by atoms with Gasteiger partial charge in [-0.05, 0) is 30.4 Å². The van der Waals surface area contributed by atoms with Gasteiger partial charge in [0.1, 0.15) is 11.5 Å². The summed E-state index contributed by atoms with van der Waals surface area (Å²) in [4.78, 5) is 25.3. The molecule has 7 nitrogen and oxygen atoms in total. The van der Waals surface area contributed by atoms with E-state index in [4.69, 9.17) is 17.1 Å². The van der Waals surface area contributed by atoms with Gasteiger partial charge in [-0.2, -0.15) is 21.6 Å². The molecule has 3 rings (SSSR count). The van der Waals surface area contributed by atoms with E-state index in [0.29, 0.717) is 6.42 Å². The van der Waals surface area contributed by atoms with Gasteiger partial charge in [-0.3, -0.25) is 14.1 Å². The first-order valence-corrected chi connectivity index (χ1v) is 10.9. The highest BCUT2D eigenvalue weighted by Crippen LogP contribution is 2.49. The van der Waals surface area contributed by atoms with E-state index in [0.717, 1.165) is 5.56 Å². The predicted octanol–water partition coefficient (Wildman–Crippen LogP) is 2.06. The van der Waals surface area contributed by atoms with E-state index >= 15 is 0 Å². The summed E-state index contributed by atoms with van der Waals surface area (Å²) in [6, 6.07) is 6.28. The third-order valence-electron chi connectivity index (χ3n) is 5.37. The van der Waals surface area contributed by atoms with Gasteiger partial charge in [0.05, 0.1) is 19.7 Å². The van der Waals surface area contributed by atoms with Crippen molar-refractivity contribution in [1.29, 1.82) is 0 Å². The van der Waals surface area contributed by atoms with Gasteiger partial charge in [0.2, 0.25) is 6.10 Å². The second kappa shape index (κ2) is 8.66. The molecule has 1 aromatic carbocycles. The molecule has 1 aromatic rings. The molecule has 1 N–H and O–H groups in total. The Labute approximate surface area is 177 Å². The lowest BCUT2D eigenvalue weighted by molar-refractivity contribution is -0.218. The van der Waals surface area contributed by atoms with Crippen LogP contribution in [0.1, 0.15) is 12.0 Å². The number of esters is 2. The fourth-order valence-corrected chi connectivity index (χ4v) is 4.59. The predicted molar refractivity (Wildman–Crippen MR) is 102 cm³/mol. The zero-order chi connectivity index (χ0) is 23.0. The number of fused-ring (bicyclic) bond motifs is 2. The Morgan fingerprint density at radius 3 is 2.13 bits per heavy atom. The van der Waals surface area contributed by atoms with Crippen LogP contribution < -0.4 is 4.74 Å². The van der Waals surface area contributed by atoms with E-state index in [9.17, 15) is 31.2 Å². The van der Waals surface area contributed by atoms with Crippen molar-refractivity contribution in [2.45, 2.75) is 25.0 Å². The zero-order valence-corrected chi connectivity index (χ0v) is 16.8. The largest absolute Gasteiger partial charge is 0.451 e. The van der Waals surface area contributed by atoms with Gasteiger partial charge < -0.3 is 9.47 Å². The molecule has 0 heterocycles. The average molecular weight is 458 g/mol. The minimum atomic E-state index is -5.22. The third-order valence-corrected chi connectivity index (χ3v) is 6.09. The van der Waals surface area contributed by atoms with Crippen LogP contribution in [0.3, 0.4) is 0 Å². The van der Waals surface area contributed by atoms with Gasteiger partial charge in [0.25, 0.3) is 10.1 Å². The second-order valence-electron chi connectivity index (χ2n) is 7.48. The molecule has 0 amide bonds. The highest BCUT2D eigenvalue weighted by atomic mass is 32.2. The first-order valence-electron chi connectivity index (χ1n) is 9.30. The molecule has 0 aromatic heterocycles. The molecule has 5 atom stereocenters. The SMILES string of the molecule is [B]Cc1ccc(OC(=O)C2C3C=CC(C3)C2C(=O)OC(CS(=O)(=O)O)C(F)(F)F)cc1. The topological polar surface area (TPSA) is 107 Å². The smallest absolute Gasteiger partial charge is 0.426 e. The molecule has 0 aliphatic heterocycles. The molecule has 2 aliphatic rings. The summed E-state index contributed by atoms with van der Waals surface area (Å²) in [5, 5.41) is 0. The number of hydrogen-bond acceptors (Lipinski definition) is 6. The first-order chi connectivity index (χ1) is 14.4. The summed E-state index contributed by atoms with van der Waals surface area (Å²) in [6.07, 6.45) is -4.35. The summed E-state index contributed by atoms with van der Waals surface area (Å²) in [5.74, 6) is -7.16. The van der Waals surface area contributed by atoms with Crippen molar-refractivity contribution in [3.8, 4) is 5.75 Å². The normalized spacial score (nSPS) is 25.9. The highest BCUT2D eigenvalue weighted by molar-refractivity contribution is 7.85. The number of benzene rings is 1. The molecule has 1 saturated carbocycles. The molecule has 0 spiro atoms. The van der Waals surface area contributed by atoms with E-state index in [1.54, 1.807) is 24.3 Å². The van der Waals surface area contributed by atoms with Gasteiger partial charge >= 0.3 is 18.1 Å². The summed E-state index contributed by atoms with van der Waals surface area (Å²) in [7, 11) is 0.428. The Morgan fingerprint density at radius 2 is 1.65 bits per heavy atom. The second-order valence-corrected chi connectivity index (χ2v) is 8.98. The molecule has 1 fully saturated rings. The van der Waals surface area contributed by atoms with Crippen molar-refractivity contribution in [1.82, 2.24) is 0 Å². The van der Waals surface area contributed by atoms with E-state index in [1.165, 1.54) is 12.1 Å². The first kappa shape index (κ1) is 23.3. The summed E-state index contributed by atoms with van der Waals surface area (Å²) >= 11 is 0. The minimum Gasteiger partial charge on any atom is -0.451 e. The quantitative estimate of drug-likeness (QED) is 0.219. The lowest BCUT2D eigenvalue weighted by Gasteiger charge is -2.27. The van der Waals surface area contributed by atoms with E-state index in [2.05, 4.69) is 4.74 Å². The van der Waals surface area contributed by atoms with Gasteiger partial charge in [-0.15, -0.1) is 0 Å². The van der Waals surface area contributed by atoms with Crippen LogP contribution in [0.4, 0.5) is 13.2 Å². The van der Waals surface area contributed by atoms with E-state index in [-0.39, 0.29) is 12.1 Å². The molecule has 0 saturated heterocycles. The number of ether oxygens (including phenoxy) is 2. The Hall–Kier alpha value is -2.34. The van der Waals surface area contributed by atoms with Gasteiger partial charge in [0, 0.05) is 0 Å². The summed E-state index contributed by atoms with van der Waals surface area (Å²) in [6.45, 7) is 0. The van der Waals surface area contributed by atoms with Crippen LogP contribution in [0.2, 0.25) is 0 Å². The molecule has 5 unspecified atom stereocenters. The molecule has 2 bridgehead atoms. The molecular weight excluding hydrogens is 440 g/mol. The standard InChI is InChI=1S/C19H18BF3O7S/c20-8-10-1-5-13(6-2-10)29-17(24)15-11-3-4-12(7-11)16(15)18(25)30-14(19(21,22)23)9-31(26,27)28/h1-6,11-12,14-16H,7-9H2,(H,26,27,28). The zero-order valence-electron chi connectivity index (χ0n) is 16.0. The number of alkyl halides is 3. The lowest BCUT2D eigenvalue weighted by atomic mass is 9.83. The summed E-state index contributed by atoms with van der Waals surface area (Å²) in [5.41, 5.74) is 0.793. The van der Waals surface area contributed by atoms with Crippen molar-refractivity contribution in [2.24, 2.45) is 23.7 Å². The summed E-state index contributed by atoms with van der Waals surface area (Å²) < 4.78 is 79.7. The van der Waals surface area contributed by atoms with Crippen molar-refractivity contribution in [2.75, 3.05) is 5.75 Å². The van der Waals surface area contributed by atoms with Gasteiger partial charge in [0.15, 0.2) is 0 Å². The van der Waals surface area contributed by atoms with Crippen molar-refractivity contribution in [3.05, 3.63) is 42.0 Å². The number of hydrogen-bond donors (Lipinski definition) is 1. The van der Waals surface area contributed by atoms with Crippen LogP contribution >= 0.6 is 0 Å². The fourth-order valence-electron chi connectivity index (χ4n) is 3.95. The van der Waals surface area contributed by atoms with Crippen LogP contribution in [0.25, 0.3) is 0 Å². The molecule has 166 valence electrons. The van der Waals surface area contributed by atoms with Gasteiger partial charge in [-0.25, -0.2) is 0 Å². The lowest BCUT2D eigenvalue weighted by Crippen LogP contribution is -2.43. The number of carbonyl (C=O) groups is 2. The Kier molecular flexibility index (Phi) is 6.52. The highest BCUT2D eigenvalue weighted by Gasteiger charge is 2.55. The van der Waals surface area contributed by atoms with E-state index in [1.807, 2.05) is 0 Å². The minimum absolute atomic E-state index is 0.181. The maximum absolute atomic E-state index is 13.1. The van der Waals surface area contributed by atoms with Crippen LogP contribution in [0.5, 0.6) is 5.75 Å². The third kappa shape index (κ3) is 5.48. The van der Waals surface area contributed by atoms with E-state index < -0.39 is 63.8 Å². The number of allylic oxidation sites excluding steroid dienone is 2. The van der Waals surface area contributed by atoms with Crippen LogP contribution in [-0.4, -0.2) is 50.8 Å². The van der Waals surface area contributed by atoms with Crippen LogP contribution in [0.15, 0.2) is 36.4 Å². The Bertz CT molecular complexity index is 975. The molecule has 2 radical (unpaired) electrons. The molecule has 2 aliphatic carbocycles. The monoisotopic (exact) mass is 458 g/mol. The Balaban J connectivity index is 1.77. The average Bonchev–Trinajstić information content (AvgIpc) is 3.27. The maximum atomic E-state index is 13.1. The molecule has 12 heteroatoms. The fraction of sp³-hybridized carbons (Fsp3) is 0.474.